The van der Waals surface area contributed by atoms with Crippen LogP contribution in [0.4, 0.5) is 0 Å². The molecule has 0 N–H and O–H groups in total. The molecule has 0 bridgehead atoms. The maximum Gasteiger partial charge on any atom is 0.122 e. The van der Waals surface area contributed by atoms with Crippen molar-refractivity contribution in [2.24, 2.45) is 0 Å². The average Bonchev–Trinajstić information content (AvgIpc) is 2.37. The number of hydrogen-bond donors (Lipinski definition) is 0. The Kier molecular flexibility index (Phi) is 4.25. The van der Waals surface area contributed by atoms with Crippen molar-refractivity contribution in [3.8, 4) is 0 Å². The monoisotopic (exact) mass is 298 g/mol. The SMILES string of the molecule is CCOC1(C)CP(=O)(c2ccccc2)CC(C)=C1Cl. The van der Waals surface area contributed by atoms with Crippen LogP contribution >= 0.6 is 18.7 Å². The van der Waals surface area contributed by atoms with Crippen LogP contribution in [0, 0.1) is 0 Å². The Morgan fingerprint density at radius 2 is 2.00 bits per heavy atom. The van der Waals surface area contributed by atoms with Gasteiger partial charge in [0.2, 0.25) is 0 Å². The summed E-state index contributed by atoms with van der Waals surface area (Å²) in [6, 6.07) is 9.70. The third-order valence-corrected chi connectivity index (χ3v) is 7.64. The van der Waals surface area contributed by atoms with Crippen molar-refractivity contribution in [1.82, 2.24) is 0 Å². The van der Waals surface area contributed by atoms with Crippen molar-refractivity contribution >= 4 is 24.0 Å². The maximum atomic E-state index is 13.3. The number of benzene rings is 1. The first-order valence-corrected chi connectivity index (χ1v) is 9.00. The van der Waals surface area contributed by atoms with Crippen molar-refractivity contribution in [3.05, 3.63) is 40.9 Å². The molecule has 1 aliphatic rings. The lowest BCUT2D eigenvalue weighted by molar-refractivity contribution is 0.0257. The lowest BCUT2D eigenvalue weighted by Gasteiger charge is -2.38. The first-order valence-electron chi connectivity index (χ1n) is 6.55. The minimum absolute atomic E-state index is 0.480. The second kappa shape index (κ2) is 5.44. The van der Waals surface area contributed by atoms with Crippen molar-refractivity contribution in [1.29, 1.82) is 0 Å². The number of hydrogen-bond acceptors (Lipinski definition) is 2. The van der Waals surface area contributed by atoms with Crippen LogP contribution in [-0.4, -0.2) is 24.5 Å². The zero-order valence-corrected chi connectivity index (χ0v) is 13.3. The van der Waals surface area contributed by atoms with Crippen LogP contribution in [0.25, 0.3) is 0 Å². The molecule has 0 spiro atoms. The van der Waals surface area contributed by atoms with E-state index in [1.165, 1.54) is 0 Å². The van der Waals surface area contributed by atoms with E-state index in [4.69, 9.17) is 16.3 Å². The van der Waals surface area contributed by atoms with Gasteiger partial charge in [-0.25, -0.2) is 0 Å². The van der Waals surface area contributed by atoms with E-state index in [0.717, 1.165) is 15.9 Å². The van der Waals surface area contributed by atoms with Crippen LogP contribution in [0.15, 0.2) is 40.9 Å². The molecule has 0 radical (unpaired) electrons. The molecule has 0 aliphatic carbocycles. The molecular weight excluding hydrogens is 279 g/mol. The third kappa shape index (κ3) is 2.81. The lowest BCUT2D eigenvalue weighted by atomic mass is 10.1. The van der Waals surface area contributed by atoms with E-state index in [1.54, 1.807) is 0 Å². The first-order chi connectivity index (χ1) is 8.91. The van der Waals surface area contributed by atoms with Crippen LogP contribution in [0.1, 0.15) is 20.8 Å². The molecule has 4 heteroatoms. The highest BCUT2D eigenvalue weighted by atomic mass is 35.5. The summed E-state index contributed by atoms with van der Waals surface area (Å²) in [5, 5.41) is 1.64. The molecule has 2 rings (SSSR count). The van der Waals surface area contributed by atoms with Gasteiger partial charge < -0.3 is 9.30 Å². The zero-order chi connectivity index (χ0) is 14.1. The Bertz CT molecular complexity index is 538. The predicted molar refractivity (Wildman–Crippen MR) is 82.0 cm³/mol. The van der Waals surface area contributed by atoms with Gasteiger partial charge in [0.25, 0.3) is 0 Å². The summed E-state index contributed by atoms with van der Waals surface area (Å²) in [5.74, 6) is 0. The Morgan fingerprint density at radius 1 is 1.37 bits per heavy atom. The van der Waals surface area contributed by atoms with Crippen molar-refractivity contribution in [2.75, 3.05) is 18.9 Å². The van der Waals surface area contributed by atoms with Gasteiger partial charge in [-0.15, -0.1) is 0 Å². The normalized spacial score (nSPS) is 31.6. The topological polar surface area (TPSA) is 26.3 Å². The Labute approximate surface area is 120 Å². The van der Waals surface area contributed by atoms with Crippen molar-refractivity contribution < 1.29 is 9.30 Å². The number of rotatable bonds is 3. The zero-order valence-electron chi connectivity index (χ0n) is 11.6. The van der Waals surface area contributed by atoms with Crippen LogP contribution < -0.4 is 5.30 Å². The van der Waals surface area contributed by atoms with Crippen LogP contribution in [-0.2, 0) is 9.30 Å². The van der Waals surface area contributed by atoms with E-state index >= 15 is 0 Å². The van der Waals surface area contributed by atoms with Gasteiger partial charge in [-0.05, 0) is 26.3 Å². The van der Waals surface area contributed by atoms with Gasteiger partial charge in [0.05, 0.1) is 0 Å². The van der Waals surface area contributed by atoms with Crippen LogP contribution in [0.3, 0.4) is 0 Å². The quantitative estimate of drug-likeness (QED) is 0.789. The van der Waals surface area contributed by atoms with Gasteiger partial charge in [-0.3, -0.25) is 0 Å². The summed E-state index contributed by atoms with van der Waals surface area (Å²) in [4.78, 5) is 0. The molecule has 1 heterocycles. The summed E-state index contributed by atoms with van der Waals surface area (Å²) in [6.07, 6.45) is 1.03. The fourth-order valence-corrected chi connectivity index (χ4v) is 6.54. The van der Waals surface area contributed by atoms with Crippen LogP contribution in [0.5, 0.6) is 0 Å². The van der Waals surface area contributed by atoms with E-state index in [0.29, 0.717) is 18.9 Å². The smallest absolute Gasteiger partial charge is 0.122 e. The van der Waals surface area contributed by atoms with Gasteiger partial charge in [0.15, 0.2) is 0 Å². The van der Waals surface area contributed by atoms with Gasteiger partial charge in [-0.1, -0.05) is 41.9 Å². The molecule has 0 saturated heterocycles. The summed E-state index contributed by atoms with van der Waals surface area (Å²) >= 11 is 6.40. The highest BCUT2D eigenvalue weighted by molar-refractivity contribution is 7.72. The number of ether oxygens (including phenoxy) is 1. The van der Waals surface area contributed by atoms with Gasteiger partial charge in [0.1, 0.15) is 12.7 Å². The summed E-state index contributed by atoms with van der Waals surface area (Å²) < 4.78 is 19.1. The Balaban J connectivity index is 2.45. The summed E-state index contributed by atoms with van der Waals surface area (Å²) in [6.45, 7) is 6.40. The fraction of sp³-hybridized carbons (Fsp3) is 0.467. The molecule has 2 atom stereocenters. The van der Waals surface area contributed by atoms with Crippen molar-refractivity contribution in [2.45, 2.75) is 26.4 Å². The van der Waals surface area contributed by atoms with E-state index < -0.39 is 12.7 Å². The second-order valence-electron chi connectivity index (χ2n) is 5.30. The minimum atomic E-state index is -2.48. The van der Waals surface area contributed by atoms with Crippen molar-refractivity contribution in [3.63, 3.8) is 0 Å². The first kappa shape index (κ1) is 14.8. The summed E-state index contributed by atoms with van der Waals surface area (Å²) in [5.41, 5.74) is 0.361. The molecule has 1 aromatic rings. The largest absolute Gasteiger partial charge is 0.369 e. The third-order valence-electron chi connectivity index (χ3n) is 3.58. The lowest BCUT2D eigenvalue weighted by Crippen LogP contribution is -2.39. The minimum Gasteiger partial charge on any atom is -0.369 e. The van der Waals surface area contributed by atoms with Gasteiger partial charge >= 0.3 is 0 Å². The average molecular weight is 299 g/mol. The molecule has 19 heavy (non-hydrogen) atoms. The van der Waals surface area contributed by atoms with E-state index in [-0.39, 0.29) is 0 Å². The number of halogens is 1. The molecule has 2 nitrogen and oxygen atoms in total. The molecule has 0 amide bonds. The van der Waals surface area contributed by atoms with E-state index in [2.05, 4.69) is 0 Å². The maximum absolute atomic E-state index is 13.3. The molecule has 2 unspecified atom stereocenters. The molecular formula is C15H20ClO2P. The molecule has 0 saturated carbocycles. The van der Waals surface area contributed by atoms with Crippen LogP contribution in [0.2, 0.25) is 0 Å². The number of allylic oxidation sites excluding steroid dienone is 1. The molecule has 0 aromatic heterocycles. The fourth-order valence-electron chi connectivity index (χ4n) is 2.83. The van der Waals surface area contributed by atoms with E-state index in [1.807, 2.05) is 51.1 Å². The van der Waals surface area contributed by atoms with Gasteiger partial charge in [-0.2, -0.15) is 0 Å². The predicted octanol–water partition coefficient (Wildman–Crippen LogP) is 4.00. The van der Waals surface area contributed by atoms with Gasteiger partial charge in [0, 0.05) is 29.3 Å². The highest BCUT2D eigenvalue weighted by Gasteiger charge is 2.43. The Hall–Kier alpha value is -0.560. The molecule has 1 aliphatic heterocycles. The molecule has 0 fully saturated rings. The summed E-state index contributed by atoms with van der Waals surface area (Å²) in [7, 11) is -2.48. The highest BCUT2D eigenvalue weighted by Crippen LogP contribution is 2.55. The van der Waals surface area contributed by atoms with E-state index in [9.17, 15) is 4.57 Å². The molecule has 104 valence electrons. The molecule has 1 aromatic carbocycles. The second-order valence-corrected chi connectivity index (χ2v) is 8.60. The standard InChI is InChI=1S/C15H20ClO2P/c1-4-18-15(3)11-19(17,10-12(2)14(15)16)13-8-6-5-7-9-13/h5-9H,4,10-11H2,1-3H3. The Morgan fingerprint density at radius 3 is 2.58 bits per heavy atom.